The van der Waals surface area contributed by atoms with Crippen LogP contribution >= 0.6 is 15.9 Å². The molecule has 1 fully saturated rings. The maximum atomic E-state index is 4.48. The number of nitrogens with one attached hydrogen (secondary N) is 1. The molecule has 1 atom stereocenters. The highest BCUT2D eigenvalue weighted by atomic mass is 79.9. The SMILES string of the molecule is CCC1CN(C)CCCN1c1ncnc(NC)c1Br. The van der Waals surface area contributed by atoms with Crippen molar-refractivity contribution in [2.45, 2.75) is 25.8 Å². The minimum Gasteiger partial charge on any atom is -0.372 e. The van der Waals surface area contributed by atoms with Gasteiger partial charge in [-0.05, 0) is 42.4 Å². The lowest BCUT2D eigenvalue weighted by atomic mass is 10.2. The van der Waals surface area contributed by atoms with Crippen molar-refractivity contribution in [3.05, 3.63) is 10.8 Å². The third-order valence-corrected chi connectivity index (χ3v) is 4.38. The third kappa shape index (κ3) is 3.17. The summed E-state index contributed by atoms with van der Waals surface area (Å²) in [4.78, 5) is 13.5. The van der Waals surface area contributed by atoms with Crippen LogP contribution < -0.4 is 10.2 Å². The van der Waals surface area contributed by atoms with Crippen molar-refractivity contribution in [2.75, 3.05) is 43.9 Å². The molecule has 1 N–H and O–H groups in total. The molecule has 1 unspecified atom stereocenters. The minimum atomic E-state index is 0.503. The second kappa shape index (κ2) is 6.52. The zero-order chi connectivity index (χ0) is 13.8. The zero-order valence-corrected chi connectivity index (χ0v) is 13.4. The molecule has 2 heterocycles. The maximum absolute atomic E-state index is 4.48. The van der Waals surface area contributed by atoms with Gasteiger partial charge in [0.05, 0.1) is 0 Å². The fourth-order valence-electron chi connectivity index (χ4n) is 2.61. The summed E-state index contributed by atoms with van der Waals surface area (Å²) in [6, 6.07) is 0.503. The number of hydrogen-bond acceptors (Lipinski definition) is 5. The molecular formula is C13H22BrN5. The first-order valence-corrected chi connectivity index (χ1v) is 7.60. The van der Waals surface area contributed by atoms with Gasteiger partial charge in [-0.15, -0.1) is 0 Å². The molecule has 5 nitrogen and oxygen atoms in total. The fraction of sp³-hybridized carbons (Fsp3) is 0.692. The normalized spacial score (nSPS) is 21.3. The van der Waals surface area contributed by atoms with E-state index >= 15 is 0 Å². The van der Waals surface area contributed by atoms with E-state index < -0.39 is 0 Å². The Balaban J connectivity index is 2.32. The van der Waals surface area contributed by atoms with Gasteiger partial charge in [0, 0.05) is 26.2 Å². The highest BCUT2D eigenvalue weighted by Crippen LogP contribution is 2.31. The molecule has 0 amide bonds. The van der Waals surface area contributed by atoms with Crippen molar-refractivity contribution < 1.29 is 0 Å². The highest BCUT2D eigenvalue weighted by molar-refractivity contribution is 9.10. The van der Waals surface area contributed by atoms with Crippen molar-refractivity contribution in [3.8, 4) is 0 Å². The van der Waals surface area contributed by atoms with E-state index in [-0.39, 0.29) is 0 Å². The van der Waals surface area contributed by atoms with E-state index in [1.807, 2.05) is 7.05 Å². The summed E-state index contributed by atoms with van der Waals surface area (Å²) in [5, 5.41) is 3.10. The molecule has 106 valence electrons. The third-order valence-electron chi connectivity index (χ3n) is 3.65. The minimum absolute atomic E-state index is 0.503. The lowest BCUT2D eigenvalue weighted by Crippen LogP contribution is -2.40. The van der Waals surface area contributed by atoms with Crippen LogP contribution in [0.15, 0.2) is 10.8 Å². The molecule has 1 saturated heterocycles. The largest absolute Gasteiger partial charge is 0.372 e. The number of rotatable bonds is 3. The van der Waals surface area contributed by atoms with Crippen LogP contribution in [0.2, 0.25) is 0 Å². The van der Waals surface area contributed by atoms with Gasteiger partial charge in [0.1, 0.15) is 22.4 Å². The van der Waals surface area contributed by atoms with Crippen LogP contribution in [0.1, 0.15) is 19.8 Å². The van der Waals surface area contributed by atoms with Crippen molar-refractivity contribution in [1.82, 2.24) is 14.9 Å². The number of nitrogens with zero attached hydrogens (tertiary/aromatic N) is 4. The fourth-order valence-corrected chi connectivity index (χ4v) is 3.24. The first kappa shape index (κ1) is 14.5. The Morgan fingerprint density at radius 3 is 2.89 bits per heavy atom. The molecular weight excluding hydrogens is 306 g/mol. The van der Waals surface area contributed by atoms with E-state index in [0.29, 0.717) is 6.04 Å². The monoisotopic (exact) mass is 327 g/mol. The Morgan fingerprint density at radius 2 is 2.21 bits per heavy atom. The smallest absolute Gasteiger partial charge is 0.148 e. The molecule has 6 heteroatoms. The molecule has 0 radical (unpaired) electrons. The van der Waals surface area contributed by atoms with Crippen molar-refractivity contribution in [2.24, 2.45) is 0 Å². The standard InChI is InChI=1S/C13H22BrN5/c1-4-10-8-18(3)6-5-7-19(10)13-11(14)12(15-2)16-9-17-13/h9-10H,4-8H2,1-3H3,(H,15,16,17). The molecule has 19 heavy (non-hydrogen) atoms. The molecule has 1 aliphatic heterocycles. The number of likely N-dealkylation sites (N-methyl/N-ethyl adjacent to an activating group) is 1. The Morgan fingerprint density at radius 1 is 1.42 bits per heavy atom. The van der Waals surface area contributed by atoms with Crippen molar-refractivity contribution in [3.63, 3.8) is 0 Å². The molecule has 0 aliphatic carbocycles. The van der Waals surface area contributed by atoms with E-state index in [2.05, 4.69) is 55.0 Å². The van der Waals surface area contributed by atoms with Gasteiger partial charge in [0.15, 0.2) is 0 Å². The predicted molar refractivity (Wildman–Crippen MR) is 82.8 cm³/mol. The molecule has 0 aromatic carbocycles. The second-order valence-electron chi connectivity index (χ2n) is 4.98. The molecule has 0 spiro atoms. The Kier molecular flexibility index (Phi) is 4.99. The maximum Gasteiger partial charge on any atom is 0.148 e. The van der Waals surface area contributed by atoms with E-state index in [1.54, 1.807) is 6.33 Å². The van der Waals surface area contributed by atoms with Gasteiger partial charge in [0.25, 0.3) is 0 Å². The van der Waals surface area contributed by atoms with Crippen LogP contribution in [0.25, 0.3) is 0 Å². The van der Waals surface area contributed by atoms with Gasteiger partial charge in [0.2, 0.25) is 0 Å². The topological polar surface area (TPSA) is 44.3 Å². The van der Waals surface area contributed by atoms with Crippen LogP contribution in [-0.4, -0.2) is 54.6 Å². The van der Waals surface area contributed by atoms with Gasteiger partial charge in [-0.25, -0.2) is 9.97 Å². The van der Waals surface area contributed by atoms with Gasteiger partial charge in [-0.2, -0.15) is 0 Å². The molecule has 0 bridgehead atoms. The second-order valence-corrected chi connectivity index (χ2v) is 5.77. The molecule has 0 saturated carbocycles. The van der Waals surface area contributed by atoms with Crippen LogP contribution in [0.5, 0.6) is 0 Å². The Labute approximate surface area is 123 Å². The van der Waals surface area contributed by atoms with E-state index in [1.165, 1.54) is 6.42 Å². The average Bonchev–Trinajstić information content (AvgIpc) is 2.60. The van der Waals surface area contributed by atoms with Crippen LogP contribution in [0.3, 0.4) is 0 Å². The molecule has 1 aromatic rings. The predicted octanol–water partition coefficient (Wildman–Crippen LogP) is 2.20. The van der Waals surface area contributed by atoms with E-state index in [9.17, 15) is 0 Å². The summed E-state index contributed by atoms with van der Waals surface area (Å²) in [5.74, 6) is 1.85. The van der Waals surface area contributed by atoms with Crippen molar-refractivity contribution >= 4 is 27.6 Å². The number of hydrogen-bond donors (Lipinski definition) is 1. The summed E-state index contributed by atoms with van der Waals surface area (Å²) in [6.45, 7) is 5.52. The van der Waals surface area contributed by atoms with E-state index in [4.69, 9.17) is 0 Å². The molecule has 2 rings (SSSR count). The number of aromatic nitrogens is 2. The van der Waals surface area contributed by atoms with Gasteiger partial charge in [-0.1, -0.05) is 6.92 Å². The van der Waals surface area contributed by atoms with Gasteiger partial charge in [-0.3, -0.25) is 0 Å². The average molecular weight is 328 g/mol. The summed E-state index contributed by atoms with van der Waals surface area (Å²) in [6.07, 6.45) is 3.92. The van der Waals surface area contributed by atoms with Gasteiger partial charge < -0.3 is 15.1 Å². The van der Waals surface area contributed by atoms with Crippen LogP contribution in [-0.2, 0) is 0 Å². The van der Waals surface area contributed by atoms with Crippen LogP contribution in [0, 0.1) is 0 Å². The summed E-state index contributed by atoms with van der Waals surface area (Å²) in [7, 11) is 4.07. The lowest BCUT2D eigenvalue weighted by molar-refractivity contribution is 0.327. The quantitative estimate of drug-likeness (QED) is 0.922. The molecule has 1 aromatic heterocycles. The first-order valence-electron chi connectivity index (χ1n) is 6.80. The zero-order valence-electron chi connectivity index (χ0n) is 11.9. The number of halogens is 1. The Hall–Kier alpha value is -0.880. The summed E-state index contributed by atoms with van der Waals surface area (Å²) >= 11 is 3.63. The van der Waals surface area contributed by atoms with E-state index in [0.717, 1.165) is 42.2 Å². The van der Waals surface area contributed by atoms with Crippen molar-refractivity contribution in [1.29, 1.82) is 0 Å². The summed E-state index contributed by atoms with van der Waals surface area (Å²) < 4.78 is 0.959. The number of anilines is 2. The Bertz CT molecular complexity index is 425. The summed E-state index contributed by atoms with van der Waals surface area (Å²) in [5.41, 5.74) is 0. The van der Waals surface area contributed by atoms with Crippen LogP contribution in [0.4, 0.5) is 11.6 Å². The molecule has 1 aliphatic rings. The van der Waals surface area contributed by atoms with Gasteiger partial charge >= 0.3 is 0 Å². The first-order chi connectivity index (χ1) is 9.17. The highest BCUT2D eigenvalue weighted by Gasteiger charge is 2.25. The lowest BCUT2D eigenvalue weighted by Gasteiger charge is -2.32.